The van der Waals surface area contributed by atoms with Crippen molar-refractivity contribution < 1.29 is 5.11 Å². The monoisotopic (exact) mass is 269 g/mol. The molecule has 5 heteroatoms. The van der Waals surface area contributed by atoms with Crippen LogP contribution in [0.4, 0.5) is 0 Å². The van der Waals surface area contributed by atoms with E-state index in [1.165, 1.54) is 17.7 Å². The molecule has 18 heavy (non-hydrogen) atoms. The largest absolute Gasteiger partial charge is 0.394 e. The fourth-order valence-corrected chi connectivity index (χ4v) is 3.44. The number of rotatable bonds is 8. The van der Waals surface area contributed by atoms with Gasteiger partial charge in [0.25, 0.3) is 0 Å². The molecule has 2 rings (SSSR count). The molecule has 0 aromatic carbocycles. The zero-order valence-corrected chi connectivity index (χ0v) is 12.0. The van der Waals surface area contributed by atoms with E-state index in [0.717, 1.165) is 18.7 Å². The van der Waals surface area contributed by atoms with Gasteiger partial charge in [0.1, 0.15) is 0 Å². The molecule has 1 saturated carbocycles. The van der Waals surface area contributed by atoms with Gasteiger partial charge in [-0.25, -0.2) is 0 Å². The van der Waals surface area contributed by atoms with E-state index in [1.54, 1.807) is 11.8 Å². The lowest BCUT2D eigenvalue weighted by atomic mass is 9.96. The van der Waals surface area contributed by atoms with Crippen LogP contribution in [0.2, 0.25) is 0 Å². The molecule has 1 atom stereocenters. The van der Waals surface area contributed by atoms with E-state index in [0.29, 0.717) is 5.92 Å². The Morgan fingerprint density at radius 2 is 2.39 bits per heavy atom. The maximum Gasteiger partial charge on any atom is 0.0625 e. The van der Waals surface area contributed by atoms with Crippen LogP contribution in [0.25, 0.3) is 0 Å². The summed E-state index contributed by atoms with van der Waals surface area (Å²) < 4.78 is 1.82. The SMILES string of the molecule is CCCNC(CO)(CSc1cnn(C)c1)C1CC1. The summed E-state index contributed by atoms with van der Waals surface area (Å²) >= 11 is 1.79. The second kappa shape index (κ2) is 6.08. The summed E-state index contributed by atoms with van der Waals surface area (Å²) in [6.45, 7) is 3.37. The highest BCUT2D eigenvalue weighted by Gasteiger charge is 2.44. The number of nitrogens with one attached hydrogen (secondary N) is 1. The van der Waals surface area contributed by atoms with Gasteiger partial charge in [-0.1, -0.05) is 6.92 Å². The molecule has 1 heterocycles. The number of aliphatic hydroxyl groups excluding tert-OH is 1. The summed E-state index contributed by atoms with van der Waals surface area (Å²) in [5, 5.41) is 17.6. The molecule has 1 aliphatic rings. The number of aliphatic hydroxyl groups is 1. The van der Waals surface area contributed by atoms with Gasteiger partial charge < -0.3 is 10.4 Å². The second-order valence-corrected chi connectivity index (χ2v) is 6.20. The number of nitrogens with zero attached hydrogens (tertiary/aromatic N) is 2. The standard InChI is InChI=1S/C13H23N3OS/c1-3-6-14-13(9-17,11-4-5-11)10-18-12-7-15-16(2)8-12/h7-8,11,14,17H,3-6,9-10H2,1-2H3. The fraction of sp³-hybridized carbons (Fsp3) is 0.769. The predicted molar refractivity (Wildman–Crippen MR) is 74.8 cm³/mol. The van der Waals surface area contributed by atoms with Crippen LogP contribution >= 0.6 is 11.8 Å². The van der Waals surface area contributed by atoms with Crippen LogP contribution in [0.5, 0.6) is 0 Å². The first-order chi connectivity index (χ1) is 8.70. The Labute approximate surface area is 113 Å². The average Bonchev–Trinajstić information content (AvgIpc) is 3.14. The maximum atomic E-state index is 9.80. The zero-order chi connectivity index (χ0) is 13.0. The van der Waals surface area contributed by atoms with Crippen LogP contribution < -0.4 is 5.32 Å². The van der Waals surface area contributed by atoms with Crippen molar-refractivity contribution in [2.75, 3.05) is 18.9 Å². The smallest absolute Gasteiger partial charge is 0.0625 e. The van der Waals surface area contributed by atoms with Crippen molar-refractivity contribution in [1.29, 1.82) is 0 Å². The number of aromatic nitrogens is 2. The Morgan fingerprint density at radius 3 is 2.89 bits per heavy atom. The highest BCUT2D eigenvalue weighted by molar-refractivity contribution is 7.99. The lowest BCUT2D eigenvalue weighted by Crippen LogP contribution is -2.53. The first-order valence-electron chi connectivity index (χ1n) is 6.67. The van der Waals surface area contributed by atoms with Crippen molar-refractivity contribution in [3.8, 4) is 0 Å². The third kappa shape index (κ3) is 3.28. The number of aryl methyl sites for hydroxylation is 1. The Bertz CT molecular complexity index is 378. The lowest BCUT2D eigenvalue weighted by molar-refractivity contribution is 0.159. The highest BCUT2D eigenvalue weighted by Crippen LogP contribution is 2.42. The third-order valence-corrected chi connectivity index (χ3v) is 4.75. The molecule has 1 aromatic heterocycles. The molecule has 1 aromatic rings. The van der Waals surface area contributed by atoms with E-state index in [2.05, 4.69) is 17.3 Å². The summed E-state index contributed by atoms with van der Waals surface area (Å²) in [6.07, 6.45) is 7.50. The van der Waals surface area contributed by atoms with Crippen LogP contribution in [0.1, 0.15) is 26.2 Å². The van der Waals surface area contributed by atoms with Crippen molar-refractivity contribution in [2.24, 2.45) is 13.0 Å². The van der Waals surface area contributed by atoms with E-state index in [4.69, 9.17) is 0 Å². The van der Waals surface area contributed by atoms with Crippen molar-refractivity contribution in [3.05, 3.63) is 12.4 Å². The van der Waals surface area contributed by atoms with Crippen molar-refractivity contribution in [3.63, 3.8) is 0 Å². The molecular weight excluding hydrogens is 246 g/mol. The number of hydrogen-bond acceptors (Lipinski definition) is 4. The Hall–Kier alpha value is -0.520. The van der Waals surface area contributed by atoms with Crippen molar-refractivity contribution in [2.45, 2.75) is 36.6 Å². The number of hydrogen-bond donors (Lipinski definition) is 2. The molecule has 0 aliphatic heterocycles. The van der Waals surface area contributed by atoms with Crippen LogP contribution in [0.3, 0.4) is 0 Å². The summed E-state index contributed by atoms with van der Waals surface area (Å²) in [5.74, 6) is 1.55. The van der Waals surface area contributed by atoms with Gasteiger partial charge in [0.15, 0.2) is 0 Å². The molecule has 102 valence electrons. The molecule has 0 saturated heterocycles. The topological polar surface area (TPSA) is 50.1 Å². The van der Waals surface area contributed by atoms with Gasteiger partial charge in [0, 0.05) is 23.9 Å². The van der Waals surface area contributed by atoms with Gasteiger partial charge in [-0.05, 0) is 31.7 Å². The Balaban J connectivity index is 1.95. The minimum atomic E-state index is -0.101. The van der Waals surface area contributed by atoms with Gasteiger partial charge in [-0.2, -0.15) is 5.10 Å². The molecule has 0 radical (unpaired) electrons. The summed E-state index contributed by atoms with van der Waals surface area (Å²) in [4.78, 5) is 1.18. The lowest BCUT2D eigenvalue weighted by Gasteiger charge is -2.33. The first kappa shape index (κ1) is 13.9. The average molecular weight is 269 g/mol. The second-order valence-electron chi connectivity index (χ2n) is 5.15. The highest BCUT2D eigenvalue weighted by atomic mass is 32.2. The maximum absolute atomic E-state index is 9.80. The number of thioether (sulfide) groups is 1. The Kier molecular flexibility index (Phi) is 4.70. The molecule has 4 nitrogen and oxygen atoms in total. The molecule has 2 N–H and O–H groups in total. The van der Waals surface area contributed by atoms with E-state index in [9.17, 15) is 5.11 Å². The molecule has 0 spiro atoms. The minimum absolute atomic E-state index is 0.101. The molecular formula is C13H23N3OS. The van der Waals surface area contributed by atoms with Crippen LogP contribution in [-0.2, 0) is 7.05 Å². The van der Waals surface area contributed by atoms with Crippen LogP contribution in [0.15, 0.2) is 17.3 Å². The Morgan fingerprint density at radius 1 is 1.61 bits per heavy atom. The van der Waals surface area contributed by atoms with Crippen molar-refractivity contribution >= 4 is 11.8 Å². The summed E-state index contributed by atoms with van der Waals surface area (Å²) in [6, 6.07) is 0. The fourth-order valence-electron chi connectivity index (χ4n) is 2.24. The first-order valence-corrected chi connectivity index (χ1v) is 7.66. The zero-order valence-electron chi connectivity index (χ0n) is 11.2. The van der Waals surface area contributed by atoms with E-state index < -0.39 is 0 Å². The van der Waals surface area contributed by atoms with E-state index in [-0.39, 0.29) is 12.1 Å². The molecule has 1 aliphatic carbocycles. The predicted octanol–water partition coefficient (Wildman–Crippen LogP) is 1.65. The third-order valence-electron chi connectivity index (χ3n) is 3.55. The molecule has 1 unspecified atom stereocenters. The summed E-state index contributed by atoms with van der Waals surface area (Å²) in [7, 11) is 1.93. The summed E-state index contributed by atoms with van der Waals surface area (Å²) in [5.41, 5.74) is -0.101. The van der Waals surface area contributed by atoms with Crippen molar-refractivity contribution in [1.82, 2.24) is 15.1 Å². The van der Waals surface area contributed by atoms with E-state index >= 15 is 0 Å². The van der Waals surface area contributed by atoms with Gasteiger partial charge in [-0.3, -0.25) is 4.68 Å². The van der Waals surface area contributed by atoms with Gasteiger partial charge in [-0.15, -0.1) is 11.8 Å². The molecule has 0 bridgehead atoms. The van der Waals surface area contributed by atoms with Crippen LogP contribution in [-0.4, -0.2) is 39.3 Å². The molecule has 0 amide bonds. The normalized spacial score (nSPS) is 18.8. The molecule has 1 fully saturated rings. The minimum Gasteiger partial charge on any atom is -0.394 e. The van der Waals surface area contributed by atoms with Crippen LogP contribution in [0, 0.1) is 5.92 Å². The van der Waals surface area contributed by atoms with E-state index in [1.807, 2.05) is 24.1 Å². The van der Waals surface area contributed by atoms with Gasteiger partial charge in [0.05, 0.1) is 18.3 Å². The van der Waals surface area contributed by atoms with Gasteiger partial charge >= 0.3 is 0 Å². The quantitative estimate of drug-likeness (QED) is 0.705. The van der Waals surface area contributed by atoms with Gasteiger partial charge in [0.2, 0.25) is 0 Å².